The highest BCUT2D eigenvalue weighted by molar-refractivity contribution is 9.10. The van der Waals surface area contributed by atoms with Crippen LogP contribution >= 0.6 is 15.9 Å². The van der Waals surface area contributed by atoms with E-state index in [1.807, 2.05) is 0 Å². The van der Waals surface area contributed by atoms with Crippen molar-refractivity contribution >= 4 is 21.6 Å². The largest absolute Gasteiger partial charge is 0.368 e. The number of benzene rings is 1. The zero-order valence-corrected chi connectivity index (χ0v) is 14.4. The number of hydrogen-bond acceptors (Lipinski definition) is 2. The number of anilines is 1. The Morgan fingerprint density at radius 2 is 2.15 bits per heavy atom. The average Bonchev–Trinajstić information content (AvgIpc) is 2.47. The van der Waals surface area contributed by atoms with Crippen LogP contribution in [0.1, 0.15) is 51.5 Å². The maximum atomic E-state index is 3.64. The van der Waals surface area contributed by atoms with E-state index in [9.17, 15) is 0 Å². The van der Waals surface area contributed by atoms with E-state index < -0.39 is 0 Å². The third-order valence-corrected chi connectivity index (χ3v) is 4.66. The van der Waals surface area contributed by atoms with Crippen molar-refractivity contribution in [3.8, 4) is 0 Å². The van der Waals surface area contributed by atoms with Gasteiger partial charge in [-0.05, 0) is 49.9 Å². The molecule has 0 bridgehead atoms. The molecule has 1 unspecified atom stereocenters. The highest BCUT2D eigenvalue weighted by Crippen LogP contribution is 2.32. The molecule has 1 heterocycles. The van der Waals surface area contributed by atoms with Crippen molar-refractivity contribution in [3.05, 3.63) is 28.2 Å². The first kappa shape index (κ1) is 15.8. The zero-order chi connectivity index (χ0) is 14.4. The lowest BCUT2D eigenvalue weighted by Gasteiger charge is -2.39. The number of nitrogens with zero attached hydrogens (tertiary/aromatic N) is 1. The van der Waals surface area contributed by atoms with Gasteiger partial charge in [0.2, 0.25) is 0 Å². The van der Waals surface area contributed by atoms with Gasteiger partial charge in [-0.1, -0.05) is 42.3 Å². The SMILES string of the molecule is CCCC1CCCCN1c1cc(Br)ccc1CNCC. The Hall–Kier alpha value is -0.540. The first-order valence-corrected chi connectivity index (χ1v) is 8.81. The lowest BCUT2D eigenvalue weighted by atomic mass is 9.96. The van der Waals surface area contributed by atoms with Crippen LogP contribution in [0.2, 0.25) is 0 Å². The van der Waals surface area contributed by atoms with Crippen molar-refractivity contribution in [2.24, 2.45) is 0 Å². The van der Waals surface area contributed by atoms with Crippen molar-refractivity contribution < 1.29 is 0 Å². The Labute approximate surface area is 132 Å². The van der Waals surface area contributed by atoms with E-state index in [4.69, 9.17) is 0 Å². The van der Waals surface area contributed by atoms with Crippen LogP contribution in [0.3, 0.4) is 0 Å². The van der Waals surface area contributed by atoms with Crippen LogP contribution in [-0.4, -0.2) is 19.1 Å². The summed E-state index contributed by atoms with van der Waals surface area (Å²) in [6.45, 7) is 7.66. The normalized spacial score (nSPS) is 19.4. The van der Waals surface area contributed by atoms with Gasteiger partial charge in [0, 0.05) is 29.3 Å². The second kappa shape index (κ2) is 8.04. The van der Waals surface area contributed by atoms with Crippen molar-refractivity contribution in [1.82, 2.24) is 5.32 Å². The Balaban J connectivity index is 2.25. The summed E-state index contributed by atoms with van der Waals surface area (Å²) in [6.07, 6.45) is 6.65. The molecule has 1 aliphatic heterocycles. The van der Waals surface area contributed by atoms with Crippen LogP contribution < -0.4 is 10.2 Å². The summed E-state index contributed by atoms with van der Waals surface area (Å²) in [6, 6.07) is 7.46. The molecule has 1 aromatic carbocycles. The number of nitrogens with one attached hydrogen (secondary N) is 1. The Morgan fingerprint density at radius 1 is 1.30 bits per heavy atom. The van der Waals surface area contributed by atoms with Crippen LogP contribution in [0.25, 0.3) is 0 Å². The molecular formula is C17H27BrN2. The second-order valence-corrected chi connectivity index (χ2v) is 6.60. The number of halogens is 1. The molecule has 1 saturated heterocycles. The van der Waals surface area contributed by atoms with Crippen molar-refractivity contribution in [3.63, 3.8) is 0 Å². The van der Waals surface area contributed by atoms with Gasteiger partial charge in [0.1, 0.15) is 0 Å². The van der Waals surface area contributed by atoms with E-state index in [2.05, 4.69) is 58.2 Å². The van der Waals surface area contributed by atoms with Crippen LogP contribution in [0.15, 0.2) is 22.7 Å². The van der Waals surface area contributed by atoms with E-state index in [1.54, 1.807) is 0 Å². The fourth-order valence-corrected chi connectivity index (χ4v) is 3.51. The quantitative estimate of drug-likeness (QED) is 0.807. The molecule has 1 atom stereocenters. The summed E-state index contributed by atoms with van der Waals surface area (Å²) in [4.78, 5) is 2.66. The van der Waals surface area contributed by atoms with Gasteiger partial charge in [0.15, 0.2) is 0 Å². The molecule has 1 fully saturated rings. The van der Waals surface area contributed by atoms with Gasteiger partial charge in [-0.2, -0.15) is 0 Å². The number of hydrogen-bond donors (Lipinski definition) is 1. The van der Waals surface area contributed by atoms with Crippen LogP contribution in [0.4, 0.5) is 5.69 Å². The van der Waals surface area contributed by atoms with Gasteiger partial charge in [-0.3, -0.25) is 0 Å². The van der Waals surface area contributed by atoms with Gasteiger partial charge in [-0.15, -0.1) is 0 Å². The minimum atomic E-state index is 0.725. The standard InChI is InChI=1S/C17H27BrN2/c1-3-7-16-8-5-6-11-20(16)17-12-15(18)10-9-14(17)13-19-4-2/h9-10,12,16,19H,3-8,11,13H2,1-2H3. The zero-order valence-electron chi connectivity index (χ0n) is 12.8. The molecule has 0 aliphatic carbocycles. The van der Waals surface area contributed by atoms with Gasteiger partial charge < -0.3 is 10.2 Å². The summed E-state index contributed by atoms with van der Waals surface area (Å²) in [5, 5.41) is 3.47. The predicted octanol–water partition coefficient (Wildman–Crippen LogP) is 4.72. The molecule has 1 aliphatic rings. The minimum Gasteiger partial charge on any atom is -0.368 e. The first-order chi connectivity index (χ1) is 9.76. The molecule has 112 valence electrons. The Morgan fingerprint density at radius 3 is 2.90 bits per heavy atom. The number of rotatable bonds is 6. The second-order valence-electron chi connectivity index (χ2n) is 5.69. The molecule has 0 amide bonds. The van der Waals surface area contributed by atoms with Crippen LogP contribution in [0, 0.1) is 0 Å². The van der Waals surface area contributed by atoms with Gasteiger partial charge in [0.25, 0.3) is 0 Å². The summed E-state index contributed by atoms with van der Waals surface area (Å²) in [5.41, 5.74) is 2.86. The molecular weight excluding hydrogens is 312 g/mol. The van der Waals surface area contributed by atoms with E-state index in [0.29, 0.717) is 0 Å². The topological polar surface area (TPSA) is 15.3 Å². The lowest BCUT2D eigenvalue weighted by Crippen LogP contribution is -2.40. The average molecular weight is 339 g/mol. The lowest BCUT2D eigenvalue weighted by molar-refractivity contribution is 0.433. The maximum absolute atomic E-state index is 3.64. The molecule has 1 aromatic rings. The van der Waals surface area contributed by atoms with Gasteiger partial charge >= 0.3 is 0 Å². The summed E-state index contributed by atoms with van der Waals surface area (Å²) >= 11 is 3.64. The molecule has 3 heteroatoms. The van der Waals surface area contributed by atoms with E-state index in [0.717, 1.165) is 19.1 Å². The van der Waals surface area contributed by atoms with E-state index >= 15 is 0 Å². The van der Waals surface area contributed by atoms with Gasteiger partial charge in [0.05, 0.1) is 0 Å². The molecule has 20 heavy (non-hydrogen) atoms. The molecule has 0 aromatic heterocycles. The van der Waals surface area contributed by atoms with Gasteiger partial charge in [-0.25, -0.2) is 0 Å². The fraction of sp³-hybridized carbons (Fsp3) is 0.647. The fourth-order valence-electron chi connectivity index (χ4n) is 3.16. The molecule has 0 radical (unpaired) electrons. The Kier molecular flexibility index (Phi) is 6.37. The minimum absolute atomic E-state index is 0.725. The molecule has 2 rings (SSSR count). The molecule has 1 N–H and O–H groups in total. The van der Waals surface area contributed by atoms with Crippen molar-refractivity contribution in [2.75, 3.05) is 18.0 Å². The van der Waals surface area contributed by atoms with Crippen molar-refractivity contribution in [2.45, 2.75) is 58.5 Å². The first-order valence-electron chi connectivity index (χ1n) is 8.02. The summed E-state index contributed by atoms with van der Waals surface area (Å²) in [5.74, 6) is 0. The summed E-state index contributed by atoms with van der Waals surface area (Å²) in [7, 11) is 0. The summed E-state index contributed by atoms with van der Waals surface area (Å²) < 4.78 is 1.19. The molecule has 0 saturated carbocycles. The Bertz CT molecular complexity index is 417. The third kappa shape index (κ3) is 3.98. The monoisotopic (exact) mass is 338 g/mol. The van der Waals surface area contributed by atoms with Crippen LogP contribution in [-0.2, 0) is 6.54 Å². The number of piperidine rings is 1. The highest BCUT2D eigenvalue weighted by atomic mass is 79.9. The molecule has 0 spiro atoms. The third-order valence-electron chi connectivity index (χ3n) is 4.17. The molecule has 2 nitrogen and oxygen atoms in total. The smallest absolute Gasteiger partial charge is 0.0425 e. The van der Waals surface area contributed by atoms with Crippen LogP contribution in [0.5, 0.6) is 0 Å². The van der Waals surface area contributed by atoms with E-state index in [-0.39, 0.29) is 0 Å². The predicted molar refractivity (Wildman–Crippen MR) is 91.4 cm³/mol. The maximum Gasteiger partial charge on any atom is 0.0425 e. The highest BCUT2D eigenvalue weighted by Gasteiger charge is 2.23. The van der Waals surface area contributed by atoms with Crippen molar-refractivity contribution in [1.29, 1.82) is 0 Å². The van der Waals surface area contributed by atoms with E-state index in [1.165, 1.54) is 54.4 Å².